The Hall–Kier alpha value is -2.58. The first kappa shape index (κ1) is 20.2. The molecule has 0 atom stereocenters. The van der Waals surface area contributed by atoms with Crippen molar-refractivity contribution in [2.75, 3.05) is 43.6 Å². The molecule has 2 aromatic rings. The molecule has 0 unspecified atom stereocenters. The smallest absolute Gasteiger partial charge is 0.255 e. The number of nitrogens with one attached hydrogen (secondary N) is 1. The number of nitrogens with zero attached hydrogens (tertiary/aromatic N) is 3. The number of methoxy groups -OCH3 is 1. The number of rotatable bonds is 6. The first-order chi connectivity index (χ1) is 13.5. The minimum Gasteiger partial charge on any atom is -0.495 e. The Balaban J connectivity index is 1.87. The summed E-state index contributed by atoms with van der Waals surface area (Å²) in [6.45, 7) is 4.11. The Morgan fingerprint density at radius 3 is 2.75 bits per heavy atom. The van der Waals surface area contributed by atoms with E-state index >= 15 is 0 Å². The van der Waals surface area contributed by atoms with E-state index in [1.165, 1.54) is 17.7 Å². The van der Waals surface area contributed by atoms with Gasteiger partial charge in [-0.1, -0.05) is 18.5 Å². The Morgan fingerprint density at radius 1 is 1.32 bits per heavy atom. The van der Waals surface area contributed by atoms with E-state index in [9.17, 15) is 9.59 Å². The number of amides is 1. The minimum absolute atomic E-state index is 0.168. The molecule has 1 aromatic carbocycles. The molecule has 1 fully saturated rings. The zero-order chi connectivity index (χ0) is 20.1. The van der Waals surface area contributed by atoms with Crippen LogP contribution in [0, 0.1) is 0 Å². The second kappa shape index (κ2) is 9.07. The molecule has 1 aromatic heterocycles. The number of aromatic nitrogens is 2. The summed E-state index contributed by atoms with van der Waals surface area (Å²) >= 11 is 6.01. The number of morpholine rings is 1. The molecule has 0 spiro atoms. The summed E-state index contributed by atoms with van der Waals surface area (Å²) in [5.41, 5.74) is 0.875. The first-order valence-corrected chi connectivity index (χ1v) is 9.46. The quantitative estimate of drug-likeness (QED) is 0.789. The number of carbonyl (C=O) groups excluding carboxylic acids is 1. The molecule has 2 heterocycles. The highest BCUT2D eigenvalue weighted by Gasteiger charge is 2.20. The molecule has 1 saturated heterocycles. The maximum atomic E-state index is 12.7. The van der Waals surface area contributed by atoms with Crippen LogP contribution in [0.3, 0.4) is 0 Å². The van der Waals surface area contributed by atoms with Crippen LogP contribution in [-0.2, 0) is 22.5 Å². The van der Waals surface area contributed by atoms with Gasteiger partial charge in [-0.2, -0.15) is 0 Å². The molecule has 0 bridgehead atoms. The largest absolute Gasteiger partial charge is 0.495 e. The van der Waals surface area contributed by atoms with Crippen LogP contribution in [0.25, 0.3) is 0 Å². The van der Waals surface area contributed by atoms with Crippen molar-refractivity contribution >= 4 is 29.1 Å². The van der Waals surface area contributed by atoms with Crippen molar-refractivity contribution in [1.82, 2.24) is 9.55 Å². The standard InChI is InChI=1S/C19H23ClN4O4/c1-3-14-11-18(26)24(19(21-14)23-6-8-28-9-7-23)12-17(25)22-15-10-13(20)4-5-16(15)27-2/h4-5,10-11H,3,6-9,12H2,1-2H3,(H,22,25). The second-order valence-electron chi connectivity index (χ2n) is 6.32. The van der Waals surface area contributed by atoms with Crippen molar-refractivity contribution in [1.29, 1.82) is 0 Å². The van der Waals surface area contributed by atoms with E-state index < -0.39 is 0 Å². The highest BCUT2D eigenvalue weighted by atomic mass is 35.5. The summed E-state index contributed by atoms with van der Waals surface area (Å²) < 4.78 is 12.0. The predicted octanol–water partition coefficient (Wildman–Crippen LogP) is 1.94. The van der Waals surface area contributed by atoms with Crippen molar-refractivity contribution in [3.8, 4) is 5.75 Å². The Bertz CT molecular complexity index is 909. The average Bonchev–Trinajstić information content (AvgIpc) is 2.70. The third-order valence-electron chi connectivity index (χ3n) is 4.43. The molecule has 9 heteroatoms. The second-order valence-corrected chi connectivity index (χ2v) is 6.75. The van der Waals surface area contributed by atoms with Gasteiger partial charge in [-0.25, -0.2) is 4.98 Å². The lowest BCUT2D eigenvalue weighted by Gasteiger charge is -2.29. The van der Waals surface area contributed by atoms with Crippen LogP contribution >= 0.6 is 11.6 Å². The fourth-order valence-corrected chi connectivity index (χ4v) is 3.16. The highest BCUT2D eigenvalue weighted by Crippen LogP contribution is 2.27. The van der Waals surface area contributed by atoms with Crippen LogP contribution in [0.5, 0.6) is 5.75 Å². The van der Waals surface area contributed by atoms with E-state index in [1.54, 1.807) is 18.2 Å². The van der Waals surface area contributed by atoms with Crippen molar-refractivity contribution in [3.63, 3.8) is 0 Å². The molecule has 3 rings (SSSR count). The predicted molar refractivity (Wildman–Crippen MR) is 108 cm³/mol. The SMILES string of the molecule is CCc1cc(=O)n(CC(=O)Nc2cc(Cl)ccc2OC)c(N2CCOCC2)n1. The van der Waals surface area contributed by atoms with Gasteiger partial charge in [0, 0.05) is 29.9 Å². The van der Waals surface area contributed by atoms with Crippen LogP contribution < -0.4 is 20.5 Å². The van der Waals surface area contributed by atoms with Crippen LogP contribution in [0.2, 0.25) is 5.02 Å². The van der Waals surface area contributed by atoms with Crippen LogP contribution in [-0.4, -0.2) is 48.9 Å². The number of ether oxygens (including phenoxy) is 2. The summed E-state index contributed by atoms with van der Waals surface area (Å²) in [4.78, 5) is 31.9. The average molecular weight is 407 g/mol. The molecule has 0 aliphatic carbocycles. The normalized spacial score (nSPS) is 14.0. The van der Waals surface area contributed by atoms with E-state index in [-0.39, 0.29) is 18.0 Å². The van der Waals surface area contributed by atoms with Gasteiger partial charge in [0.05, 0.1) is 26.0 Å². The lowest BCUT2D eigenvalue weighted by molar-refractivity contribution is -0.116. The zero-order valence-corrected chi connectivity index (χ0v) is 16.7. The first-order valence-electron chi connectivity index (χ1n) is 9.08. The van der Waals surface area contributed by atoms with Crippen molar-refractivity contribution in [2.45, 2.75) is 19.9 Å². The molecule has 0 radical (unpaired) electrons. The van der Waals surface area contributed by atoms with Crippen molar-refractivity contribution in [3.05, 3.63) is 45.3 Å². The van der Waals surface area contributed by atoms with Gasteiger partial charge < -0.3 is 19.7 Å². The van der Waals surface area contributed by atoms with Gasteiger partial charge >= 0.3 is 0 Å². The minimum atomic E-state index is -0.372. The number of aryl methyl sites for hydroxylation is 1. The van der Waals surface area contributed by atoms with Crippen LogP contribution in [0.4, 0.5) is 11.6 Å². The summed E-state index contributed by atoms with van der Waals surface area (Å²) in [5.74, 6) is 0.599. The third-order valence-corrected chi connectivity index (χ3v) is 4.67. The lowest BCUT2D eigenvalue weighted by Crippen LogP contribution is -2.42. The Morgan fingerprint density at radius 2 is 2.07 bits per heavy atom. The van der Waals surface area contributed by atoms with Crippen LogP contribution in [0.1, 0.15) is 12.6 Å². The van der Waals surface area contributed by atoms with E-state index in [1.807, 2.05) is 11.8 Å². The fourth-order valence-electron chi connectivity index (χ4n) is 2.99. The number of carbonyl (C=O) groups is 1. The van der Waals surface area contributed by atoms with Gasteiger partial charge in [-0.05, 0) is 24.6 Å². The topological polar surface area (TPSA) is 85.7 Å². The maximum Gasteiger partial charge on any atom is 0.255 e. The molecule has 0 saturated carbocycles. The molecule has 1 N–H and O–H groups in total. The molecule has 150 valence electrons. The summed E-state index contributed by atoms with van der Waals surface area (Å²) in [6, 6.07) is 6.41. The summed E-state index contributed by atoms with van der Waals surface area (Å²) in [6.07, 6.45) is 0.638. The molecule has 28 heavy (non-hydrogen) atoms. The van der Waals surface area contributed by atoms with E-state index in [0.717, 1.165) is 0 Å². The molecular formula is C19H23ClN4O4. The van der Waals surface area contributed by atoms with Gasteiger partial charge in [0.2, 0.25) is 11.9 Å². The van der Waals surface area contributed by atoms with E-state index in [2.05, 4.69) is 10.3 Å². The number of hydrogen-bond donors (Lipinski definition) is 1. The highest BCUT2D eigenvalue weighted by molar-refractivity contribution is 6.31. The molecular weight excluding hydrogens is 384 g/mol. The molecule has 1 aliphatic rings. The summed E-state index contributed by atoms with van der Waals surface area (Å²) in [7, 11) is 1.51. The Kier molecular flexibility index (Phi) is 6.53. The van der Waals surface area contributed by atoms with E-state index in [4.69, 9.17) is 21.1 Å². The number of benzene rings is 1. The number of hydrogen-bond acceptors (Lipinski definition) is 6. The van der Waals surface area contributed by atoms with Gasteiger partial charge in [0.1, 0.15) is 12.3 Å². The van der Waals surface area contributed by atoms with Crippen molar-refractivity contribution < 1.29 is 14.3 Å². The van der Waals surface area contributed by atoms with E-state index in [0.29, 0.717) is 60.8 Å². The fraction of sp³-hybridized carbons (Fsp3) is 0.421. The molecule has 8 nitrogen and oxygen atoms in total. The van der Waals surface area contributed by atoms with Crippen LogP contribution in [0.15, 0.2) is 29.1 Å². The monoisotopic (exact) mass is 406 g/mol. The summed E-state index contributed by atoms with van der Waals surface area (Å²) in [5, 5.41) is 3.23. The van der Waals surface area contributed by atoms with Gasteiger partial charge in [0.25, 0.3) is 5.56 Å². The number of anilines is 2. The zero-order valence-electron chi connectivity index (χ0n) is 15.9. The number of halogens is 1. The lowest BCUT2D eigenvalue weighted by atomic mass is 10.3. The molecule has 1 amide bonds. The van der Waals surface area contributed by atoms with Gasteiger partial charge in [-0.3, -0.25) is 14.2 Å². The van der Waals surface area contributed by atoms with Crippen molar-refractivity contribution in [2.24, 2.45) is 0 Å². The Labute approximate surface area is 168 Å². The maximum absolute atomic E-state index is 12.7. The molecule has 1 aliphatic heterocycles. The third kappa shape index (κ3) is 4.63. The van der Waals surface area contributed by atoms with Gasteiger partial charge in [-0.15, -0.1) is 0 Å². The van der Waals surface area contributed by atoms with Gasteiger partial charge in [0.15, 0.2) is 0 Å².